The van der Waals surface area contributed by atoms with E-state index in [9.17, 15) is 0 Å². The summed E-state index contributed by atoms with van der Waals surface area (Å²) in [6.07, 6.45) is 7.98. The number of rotatable bonds is 3. The Morgan fingerprint density at radius 1 is 1.56 bits per heavy atom. The molecule has 0 aromatic carbocycles. The number of hydrogen-bond donors (Lipinski definition) is 1. The van der Waals surface area contributed by atoms with Gasteiger partial charge in [0.15, 0.2) is 0 Å². The first kappa shape index (κ1) is 11.6. The van der Waals surface area contributed by atoms with Gasteiger partial charge >= 0.3 is 0 Å². The van der Waals surface area contributed by atoms with Crippen LogP contribution in [0.5, 0.6) is 0 Å². The molecule has 0 saturated heterocycles. The largest absolute Gasteiger partial charge is 0.307 e. The molecule has 2 unspecified atom stereocenters. The molecule has 1 aliphatic carbocycles. The molecule has 3 nitrogen and oxygen atoms in total. The Hall–Kier alpha value is -0.830. The monoisotopic (exact) mass is 221 g/mol. The first-order valence-electron chi connectivity index (χ1n) is 6.21. The lowest BCUT2D eigenvalue weighted by Gasteiger charge is -2.21. The highest BCUT2D eigenvalue weighted by molar-refractivity contribution is 5.09. The lowest BCUT2D eigenvalue weighted by Crippen LogP contribution is -2.29. The van der Waals surface area contributed by atoms with Crippen LogP contribution in [-0.2, 0) is 7.05 Å². The van der Waals surface area contributed by atoms with E-state index in [0.29, 0.717) is 17.5 Å². The molecule has 1 fully saturated rings. The van der Waals surface area contributed by atoms with Gasteiger partial charge in [0.2, 0.25) is 0 Å². The SMILES string of the molecule is CC(NC1CCC(C)(C)C1)c1cnn(C)c1. The van der Waals surface area contributed by atoms with Crippen molar-refractivity contribution in [3.05, 3.63) is 18.0 Å². The van der Waals surface area contributed by atoms with Gasteiger partial charge in [-0.1, -0.05) is 13.8 Å². The van der Waals surface area contributed by atoms with Gasteiger partial charge in [0, 0.05) is 30.9 Å². The highest BCUT2D eigenvalue weighted by Crippen LogP contribution is 2.37. The van der Waals surface area contributed by atoms with E-state index < -0.39 is 0 Å². The second-order valence-corrected chi connectivity index (χ2v) is 5.94. The summed E-state index contributed by atoms with van der Waals surface area (Å²) >= 11 is 0. The Kier molecular flexibility index (Phi) is 3.06. The van der Waals surface area contributed by atoms with Crippen molar-refractivity contribution >= 4 is 0 Å². The van der Waals surface area contributed by atoms with Gasteiger partial charge in [-0.3, -0.25) is 4.68 Å². The van der Waals surface area contributed by atoms with Crippen LogP contribution >= 0.6 is 0 Å². The second-order valence-electron chi connectivity index (χ2n) is 5.94. The zero-order valence-electron chi connectivity index (χ0n) is 10.8. The zero-order valence-corrected chi connectivity index (χ0v) is 10.8. The lowest BCUT2D eigenvalue weighted by atomic mass is 9.92. The molecule has 1 aliphatic rings. The maximum Gasteiger partial charge on any atom is 0.0537 e. The molecule has 16 heavy (non-hydrogen) atoms. The number of nitrogens with one attached hydrogen (secondary N) is 1. The molecular weight excluding hydrogens is 198 g/mol. The first-order chi connectivity index (χ1) is 7.46. The lowest BCUT2D eigenvalue weighted by molar-refractivity contribution is 0.356. The van der Waals surface area contributed by atoms with Gasteiger partial charge in [0.1, 0.15) is 0 Å². The molecule has 0 bridgehead atoms. The van der Waals surface area contributed by atoms with Gasteiger partial charge in [0.25, 0.3) is 0 Å². The van der Waals surface area contributed by atoms with Gasteiger partial charge in [-0.25, -0.2) is 0 Å². The Labute approximate surface area is 98.2 Å². The third-order valence-corrected chi connectivity index (χ3v) is 3.68. The van der Waals surface area contributed by atoms with Crippen LogP contribution < -0.4 is 5.32 Å². The highest BCUT2D eigenvalue weighted by atomic mass is 15.2. The Balaban J connectivity index is 1.91. The quantitative estimate of drug-likeness (QED) is 0.850. The van der Waals surface area contributed by atoms with E-state index in [1.807, 2.05) is 17.9 Å². The van der Waals surface area contributed by atoms with Crippen molar-refractivity contribution in [2.75, 3.05) is 0 Å². The van der Waals surface area contributed by atoms with E-state index in [1.165, 1.54) is 24.8 Å². The van der Waals surface area contributed by atoms with E-state index >= 15 is 0 Å². The Morgan fingerprint density at radius 3 is 2.81 bits per heavy atom. The summed E-state index contributed by atoms with van der Waals surface area (Å²) in [4.78, 5) is 0. The fourth-order valence-electron chi connectivity index (χ4n) is 2.69. The van der Waals surface area contributed by atoms with Crippen LogP contribution in [0.15, 0.2) is 12.4 Å². The molecule has 1 aromatic heterocycles. The average Bonchev–Trinajstić information content (AvgIpc) is 2.73. The summed E-state index contributed by atoms with van der Waals surface area (Å²) in [6.45, 7) is 6.95. The minimum atomic E-state index is 0.410. The van der Waals surface area contributed by atoms with Crippen molar-refractivity contribution in [3.63, 3.8) is 0 Å². The fourth-order valence-corrected chi connectivity index (χ4v) is 2.69. The molecule has 2 atom stereocenters. The third-order valence-electron chi connectivity index (χ3n) is 3.68. The van der Waals surface area contributed by atoms with Crippen LogP contribution in [0.25, 0.3) is 0 Å². The van der Waals surface area contributed by atoms with E-state index in [-0.39, 0.29) is 0 Å². The Morgan fingerprint density at radius 2 is 2.31 bits per heavy atom. The van der Waals surface area contributed by atoms with Crippen molar-refractivity contribution in [1.29, 1.82) is 0 Å². The van der Waals surface area contributed by atoms with Crippen molar-refractivity contribution in [2.45, 2.75) is 52.1 Å². The van der Waals surface area contributed by atoms with E-state index in [0.717, 1.165) is 0 Å². The molecule has 1 saturated carbocycles. The standard InChI is InChI=1S/C13H23N3/c1-10(11-8-14-16(4)9-11)15-12-5-6-13(2,3)7-12/h8-10,12,15H,5-7H2,1-4H3. The molecule has 1 heterocycles. The molecule has 0 spiro atoms. The summed E-state index contributed by atoms with van der Waals surface area (Å²) in [7, 11) is 1.97. The number of hydrogen-bond acceptors (Lipinski definition) is 2. The van der Waals surface area contributed by atoms with Crippen LogP contribution in [0.1, 0.15) is 51.6 Å². The Bertz CT molecular complexity index is 354. The van der Waals surface area contributed by atoms with Crippen LogP contribution in [-0.4, -0.2) is 15.8 Å². The van der Waals surface area contributed by atoms with Crippen molar-refractivity contribution in [3.8, 4) is 0 Å². The van der Waals surface area contributed by atoms with Crippen LogP contribution in [0, 0.1) is 5.41 Å². The second kappa shape index (κ2) is 4.21. The molecule has 1 N–H and O–H groups in total. The smallest absolute Gasteiger partial charge is 0.0537 e. The number of aromatic nitrogens is 2. The summed E-state index contributed by atoms with van der Waals surface area (Å²) in [5, 5.41) is 7.93. The van der Waals surface area contributed by atoms with Crippen LogP contribution in [0.2, 0.25) is 0 Å². The van der Waals surface area contributed by atoms with Crippen LogP contribution in [0.3, 0.4) is 0 Å². The molecule has 0 amide bonds. The van der Waals surface area contributed by atoms with Crippen molar-refractivity contribution in [1.82, 2.24) is 15.1 Å². The van der Waals surface area contributed by atoms with E-state index in [2.05, 4.69) is 37.4 Å². The highest BCUT2D eigenvalue weighted by Gasteiger charge is 2.31. The number of nitrogens with zero attached hydrogens (tertiary/aromatic N) is 2. The summed E-state index contributed by atoms with van der Waals surface area (Å²) in [5.41, 5.74) is 1.80. The van der Waals surface area contributed by atoms with Gasteiger partial charge in [-0.15, -0.1) is 0 Å². The van der Waals surface area contributed by atoms with E-state index in [1.54, 1.807) is 0 Å². The zero-order chi connectivity index (χ0) is 11.8. The molecule has 0 radical (unpaired) electrons. The fraction of sp³-hybridized carbons (Fsp3) is 0.769. The predicted molar refractivity (Wildman–Crippen MR) is 66.2 cm³/mol. The van der Waals surface area contributed by atoms with Gasteiger partial charge in [-0.05, 0) is 31.6 Å². The maximum atomic E-state index is 4.22. The van der Waals surface area contributed by atoms with E-state index in [4.69, 9.17) is 0 Å². The number of aryl methyl sites for hydroxylation is 1. The summed E-state index contributed by atoms with van der Waals surface area (Å²) < 4.78 is 1.87. The maximum absolute atomic E-state index is 4.22. The minimum absolute atomic E-state index is 0.410. The van der Waals surface area contributed by atoms with Gasteiger partial charge in [0.05, 0.1) is 6.20 Å². The normalized spacial score (nSPS) is 25.9. The summed E-state index contributed by atoms with van der Waals surface area (Å²) in [6, 6.07) is 1.08. The predicted octanol–water partition coefficient (Wildman–Crippen LogP) is 2.65. The molecular formula is C13H23N3. The first-order valence-corrected chi connectivity index (χ1v) is 6.21. The topological polar surface area (TPSA) is 29.9 Å². The molecule has 2 rings (SSSR count). The summed E-state index contributed by atoms with van der Waals surface area (Å²) in [5.74, 6) is 0. The minimum Gasteiger partial charge on any atom is -0.307 e. The van der Waals surface area contributed by atoms with Crippen molar-refractivity contribution < 1.29 is 0 Å². The molecule has 0 aliphatic heterocycles. The van der Waals surface area contributed by atoms with Crippen LogP contribution in [0.4, 0.5) is 0 Å². The molecule has 90 valence electrons. The average molecular weight is 221 g/mol. The molecule has 3 heteroatoms. The molecule has 1 aromatic rings. The van der Waals surface area contributed by atoms with Crippen molar-refractivity contribution in [2.24, 2.45) is 12.5 Å². The third kappa shape index (κ3) is 2.64. The van der Waals surface area contributed by atoms with Gasteiger partial charge < -0.3 is 5.32 Å². The van der Waals surface area contributed by atoms with Gasteiger partial charge in [-0.2, -0.15) is 5.10 Å².